The Kier molecular flexibility index (Phi) is 5.71. The predicted molar refractivity (Wildman–Crippen MR) is 106 cm³/mol. The molecule has 1 atom stereocenters. The fraction of sp³-hybridized carbons (Fsp3) is 0.381. The van der Waals surface area contributed by atoms with E-state index in [4.69, 9.17) is 13.7 Å². The number of amides is 1. The van der Waals surface area contributed by atoms with Crippen LogP contribution in [0.4, 0.5) is 4.79 Å². The first-order chi connectivity index (χ1) is 13.5. The molecule has 0 saturated carbocycles. The first-order valence-electron chi connectivity index (χ1n) is 9.21. The van der Waals surface area contributed by atoms with Gasteiger partial charge in [-0.1, -0.05) is 48.0 Å². The van der Waals surface area contributed by atoms with Crippen LogP contribution in [0, 0.1) is 6.92 Å². The first-order valence-corrected chi connectivity index (χ1v) is 10.6. The van der Waals surface area contributed by atoms with Crippen molar-refractivity contribution in [2.24, 2.45) is 0 Å². The van der Waals surface area contributed by atoms with E-state index in [9.17, 15) is 13.2 Å². The number of rotatable bonds is 5. The zero-order valence-electron chi connectivity index (χ0n) is 16.9. The third-order valence-electron chi connectivity index (χ3n) is 4.69. The van der Waals surface area contributed by atoms with Gasteiger partial charge in [0.05, 0.1) is 11.5 Å². The van der Waals surface area contributed by atoms with E-state index < -0.39 is 27.7 Å². The normalized spacial score (nSPS) is 21.2. The van der Waals surface area contributed by atoms with Gasteiger partial charge in [-0.2, -0.15) is 8.42 Å². The van der Waals surface area contributed by atoms with Crippen LogP contribution in [0.15, 0.2) is 59.5 Å². The quantitative estimate of drug-likeness (QED) is 0.685. The van der Waals surface area contributed by atoms with Crippen LogP contribution < -0.4 is 0 Å². The molecule has 0 N–H and O–H groups in total. The molecule has 3 rings (SSSR count). The van der Waals surface area contributed by atoms with Crippen molar-refractivity contribution in [3.05, 3.63) is 65.7 Å². The Morgan fingerprint density at radius 3 is 2.31 bits per heavy atom. The summed E-state index contributed by atoms with van der Waals surface area (Å²) in [6.45, 7) is 6.60. The zero-order chi connectivity index (χ0) is 21.3. The average Bonchev–Trinajstić information content (AvgIpc) is 2.89. The van der Waals surface area contributed by atoms with Gasteiger partial charge < -0.3 is 9.47 Å². The molecule has 156 valence electrons. The number of benzene rings is 2. The molecule has 1 aliphatic rings. The Hall–Kier alpha value is -2.42. The van der Waals surface area contributed by atoms with Gasteiger partial charge in [-0.3, -0.25) is 0 Å². The molecule has 1 saturated heterocycles. The second-order valence-electron chi connectivity index (χ2n) is 7.64. The van der Waals surface area contributed by atoms with Gasteiger partial charge in [-0.05, 0) is 45.4 Å². The van der Waals surface area contributed by atoms with Crippen molar-refractivity contribution >= 4 is 16.2 Å². The minimum Gasteiger partial charge on any atom is -0.444 e. The Morgan fingerprint density at radius 2 is 1.69 bits per heavy atom. The maximum absolute atomic E-state index is 12.9. The van der Waals surface area contributed by atoms with Crippen molar-refractivity contribution in [3.63, 3.8) is 0 Å². The van der Waals surface area contributed by atoms with Crippen LogP contribution in [0.2, 0.25) is 0 Å². The van der Waals surface area contributed by atoms with Crippen molar-refractivity contribution in [2.75, 3.05) is 6.61 Å². The SMILES string of the molecule is Cc1ccc(S(=O)(=O)OC2(C)COC(C)(C)N2C(=O)OCc2ccccc2)cc1. The van der Waals surface area contributed by atoms with Crippen molar-refractivity contribution < 1.29 is 26.9 Å². The second-order valence-corrected chi connectivity index (χ2v) is 9.18. The molecule has 0 spiro atoms. The largest absolute Gasteiger partial charge is 0.444 e. The molecule has 8 heteroatoms. The summed E-state index contributed by atoms with van der Waals surface area (Å²) in [6, 6.07) is 15.5. The minimum atomic E-state index is -4.13. The molecule has 0 bridgehead atoms. The summed E-state index contributed by atoms with van der Waals surface area (Å²) in [5.74, 6) is 0. The van der Waals surface area contributed by atoms with E-state index in [1.54, 1.807) is 26.0 Å². The van der Waals surface area contributed by atoms with E-state index in [0.29, 0.717) is 0 Å². The highest BCUT2D eigenvalue weighted by Crippen LogP contribution is 2.38. The number of hydrogen-bond acceptors (Lipinski definition) is 6. The topological polar surface area (TPSA) is 82.1 Å². The van der Waals surface area contributed by atoms with Gasteiger partial charge in [0.1, 0.15) is 12.3 Å². The van der Waals surface area contributed by atoms with E-state index in [2.05, 4.69) is 0 Å². The minimum absolute atomic E-state index is 0.00614. The molecule has 1 unspecified atom stereocenters. The fourth-order valence-corrected chi connectivity index (χ4v) is 4.42. The van der Waals surface area contributed by atoms with Crippen LogP contribution in [0.3, 0.4) is 0 Å². The van der Waals surface area contributed by atoms with Gasteiger partial charge in [0, 0.05) is 0 Å². The highest BCUT2D eigenvalue weighted by molar-refractivity contribution is 7.86. The highest BCUT2D eigenvalue weighted by Gasteiger charge is 2.55. The number of hydrogen-bond donors (Lipinski definition) is 0. The summed E-state index contributed by atoms with van der Waals surface area (Å²) in [7, 11) is -4.13. The van der Waals surface area contributed by atoms with Crippen LogP contribution in [0.25, 0.3) is 0 Å². The summed E-state index contributed by atoms with van der Waals surface area (Å²) in [6.07, 6.45) is -0.724. The number of aryl methyl sites for hydroxylation is 1. The third kappa shape index (κ3) is 4.60. The maximum atomic E-state index is 12.9. The molecule has 0 aliphatic carbocycles. The molecular formula is C21H25NO6S. The van der Waals surface area contributed by atoms with E-state index in [-0.39, 0.29) is 18.1 Å². The second kappa shape index (κ2) is 7.78. The molecule has 1 fully saturated rings. The van der Waals surface area contributed by atoms with Gasteiger partial charge in [0.25, 0.3) is 10.1 Å². The first kappa shape index (κ1) is 21.3. The molecule has 0 radical (unpaired) electrons. The standard InChI is InChI=1S/C21H25NO6S/c1-16-10-12-18(13-11-16)29(24,25)28-21(4)15-27-20(2,3)22(21)19(23)26-14-17-8-6-5-7-9-17/h5-13H,14-15H2,1-4H3. The lowest BCUT2D eigenvalue weighted by atomic mass is 10.2. The van der Waals surface area contributed by atoms with Crippen LogP contribution in [0.5, 0.6) is 0 Å². The lowest BCUT2D eigenvalue weighted by molar-refractivity contribution is -0.0811. The van der Waals surface area contributed by atoms with Crippen LogP contribution in [-0.4, -0.2) is 37.5 Å². The van der Waals surface area contributed by atoms with Gasteiger partial charge in [0.2, 0.25) is 0 Å². The van der Waals surface area contributed by atoms with E-state index in [1.165, 1.54) is 24.0 Å². The Labute approximate surface area is 171 Å². The van der Waals surface area contributed by atoms with Gasteiger partial charge >= 0.3 is 6.09 Å². The molecule has 0 aromatic heterocycles. The summed E-state index contributed by atoms with van der Waals surface area (Å²) >= 11 is 0. The van der Waals surface area contributed by atoms with E-state index in [1.807, 2.05) is 37.3 Å². The molecule has 2 aromatic carbocycles. The molecular weight excluding hydrogens is 394 g/mol. The molecule has 1 heterocycles. The van der Waals surface area contributed by atoms with Crippen molar-refractivity contribution in [1.29, 1.82) is 0 Å². The van der Waals surface area contributed by atoms with Gasteiger partial charge in [-0.15, -0.1) is 0 Å². The molecule has 7 nitrogen and oxygen atoms in total. The monoisotopic (exact) mass is 419 g/mol. The fourth-order valence-electron chi connectivity index (χ4n) is 3.26. The van der Waals surface area contributed by atoms with Crippen molar-refractivity contribution in [3.8, 4) is 0 Å². The highest BCUT2D eigenvalue weighted by atomic mass is 32.2. The van der Waals surface area contributed by atoms with Crippen LogP contribution >= 0.6 is 0 Å². The lowest BCUT2D eigenvalue weighted by Crippen LogP contribution is -2.56. The Bertz CT molecular complexity index is 972. The predicted octanol–water partition coefficient (Wildman–Crippen LogP) is 3.82. The summed E-state index contributed by atoms with van der Waals surface area (Å²) < 4.78 is 42.2. The Morgan fingerprint density at radius 1 is 1.07 bits per heavy atom. The van der Waals surface area contributed by atoms with Crippen molar-refractivity contribution in [1.82, 2.24) is 4.90 Å². The lowest BCUT2D eigenvalue weighted by Gasteiger charge is -2.37. The number of nitrogens with zero attached hydrogens (tertiary/aromatic N) is 1. The van der Waals surface area contributed by atoms with Gasteiger partial charge in [-0.25, -0.2) is 13.9 Å². The number of carbonyl (C=O) groups excluding carboxylic acids is 1. The average molecular weight is 419 g/mol. The maximum Gasteiger partial charge on any atom is 0.414 e. The van der Waals surface area contributed by atoms with E-state index >= 15 is 0 Å². The molecule has 1 amide bonds. The number of carbonyl (C=O) groups is 1. The molecule has 29 heavy (non-hydrogen) atoms. The summed E-state index contributed by atoms with van der Waals surface area (Å²) in [4.78, 5) is 14.1. The molecule has 2 aromatic rings. The third-order valence-corrected chi connectivity index (χ3v) is 6.12. The zero-order valence-corrected chi connectivity index (χ0v) is 17.7. The Balaban J connectivity index is 1.82. The van der Waals surface area contributed by atoms with Gasteiger partial charge in [0.15, 0.2) is 5.72 Å². The summed E-state index contributed by atoms with van der Waals surface area (Å²) in [5.41, 5.74) is -0.924. The van der Waals surface area contributed by atoms with Crippen molar-refractivity contribution in [2.45, 2.75) is 50.6 Å². The molecule has 1 aliphatic heterocycles. The smallest absolute Gasteiger partial charge is 0.414 e. The summed E-state index contributed by atoms with van der Waals surface area (Å²) in [5, 5.41) is 0. The van der Waals surface area contributed by atoms with Crippen LogP contribution in [-0.2, 0) is 30.4 Å². The van der Waals surface area contributed by atoms with E-state index in [0.717, 1.165) is 11.1 Å². The van der Waals surface area contributed by atoms with Crippen LogP contribution in [0.1, 0.15) is 31.9 Å². The number of ether oxygens (including phenoxy) is 2.